The van der Waals surface area contributed by atoms with Crippen LogP contribution >= 0.6 is 0 Å². The molecule has 0 amide bonds. The average molecular weight is 495 g/mol. The second-order valence-corrected chi connectivity index (χ2v) is 4.39. The molecule has 2 aromatic rings. The summed E-state index contributed by atoms with van der Waals surface area (Å²) in [7, 11) is 0. The topological polar surface area (TPSA) is 122 Å². The quantitative estimate of drug-likeness (QED) is 0.630. The molecule has 0 aliphatic carbocycles. The molecule has 0 aliphatic rings. The van der Waals surface area contributed by atoms with Crippen LogP contribution in [0.5, 0.6) is 0 Å². The van der Waals surface area contributed by atoms with Gasteiger partial charge in [-0.1, -0.05) is 71.8 Å². The van der Waals surface area contributed by atoms with Gasteiger partial charge in [0.05, 0.1) is 0 Å². The van der Waals surface area contributed by atoms with E-state index in [2.05, 4.69) is 0 Å². The Labute approximate surface area is 148 Å². The van der Waals surface area contributed by atoms with Crippen LogP contribution in [-0.4, -0.2) is 22.2 Å². The first-order chi connectivity index (χ1) is 10.4. The number of hydrogen-bond acceptors (Lipinski definition) is 2. The number of carbonyl (C=O) groups is 2. The van der Waals surface area contributed by atoms with Crippen molar-refractivity contribution >= 4 is 11.9 Å². The standard InChI is InChI=1S/C14H14N2.C2H2O4.Pt/c15-13(11-7-3-1-4-8-11)14(16)12-9-5-2-6-10-12;3-1(4)2(5)6;/h1-10,13-16H;(H,3,4)(H,5,6);/q-2;;+2. The molecule has 0 fully saturated rings. The fourth-order valence-electron chi connectivity index (χ4n) is 1.71. The molecule has 7 heteroatoms. The summed E-state index contributed by atoms with van der Waals surface area (Å²) in [6.07, 6.45) is 0. The van der Waals surface area contributed by atoms with Gasteiger partial charge < -0.3 is 21.7 Å². The van der Waals surface area contributed by atoms with E-state index in [-0.39, 0.29) is 21.1 Å². The Morgan fingerprint density at radius 2 is 0.957 bits per heavy atom. The molecule has 2 atom stereocenters. The SMILES string of the molecule is O=C(O)C(=O)O.[NH-]C(c1ccccc1)C([NH-])c1ccccc1.[Pt+2]. The second-order valence-electron chi connectivity index (χ2n) is 4.39. The van der Waals surface area contributed by atoms with Crippen molar-refractivity contribution in [3.8, 4) is 0 Å². The minimum atomic E-state index is -1.82. The van der Waals surface area contributed by atoms with Crippen molar-refractivity contribution < 1.29 is 40.9 Å². The molecule has 2 rings (SSSR count). The van der Waals surface area contributed by atoms with Crippen LogP contribution in [0, 0.1) is 0 Å². The first-order valence-electron chi connectivity index (χ1n) is 6.41. The molecule has 0 aliphatic heterocycles. The summed E-state index contributed by atoms with van der Waals surface area (Å²) < 4.78 is 0. The zero-order valence-electron chi connectivity index (χ0n) is 12.0. The molecule has 4 N–H and O–H groups in total. The number of benzene rings is 2. The van der Waals surface area contributed by atoms with Crippen molar-refractivity contribution in [2.24, 2.45) is 0 Å². The first kappa shape index (κ1) is 21.0. The molecule has 2 unspecified atom stereocenters. The minimum Gasteiger partial charge on any atom is -0.672 e. The molecule has 0 heterocycles. The Morgan fingerprint density at radius 1 is 0.696 bits per heavy atom. The van der Waals surface area contributed by atoms with Gasteiger partial charge in [-0.15, -0.1) is 12.1 Å². The maximum atomic E-state index is 9.10. The van der Waals surface area contributed by atoms with Crippen LogP contribution in [0.15, 0.2) is 60.7 Å². The van der Waals surface area contributed by atoms with Crippen molar-refractivity contribution in [2.45, 2.75) is 12.1 Å². The molecule has 6 nitrogen and oxygen atoms in total. The fourth-order valence-corrected chi connectivity index (χ4v) is 1.71. The van der Waals surface area contributed by atoms with Crippen molar-refractivity contribution in [1.29, 1.82) is 0 Å². The molecule has 0 spiro atoms. The predicted molar refractivity (Wildman–Crippen MR) is 82.3 cm³/mol. The first-order valence-corrected chi connectivity index (χ1v) is 6.41. The van der Waals surface area contributed by atoms with Gasteiger partial charge in [0.1, 0.15) is 0 Å². The zero-order valence-corrected chi connectivity index (χ0v) is 14.2. The molecular weight excluding hydrogens is 479 g/mol. The van der Waals surface area contributed by atoms with Crippen LogP contribution in [-0.2, 0) is 30.7 Å². The van der Waals surface area contributed by atoms with Crippen molar-refractivity contribution in [1.82, 2.24) is 0 Å². The number of hydrogen-bond donors (Lipinski definition) is 2. The van der Waals surface area contributed by atoms with Gasteiger partial charge in [-0.2, -0.15) is 0 Å². The van der Waals surface area contributed by atoms with Gasteiger partial charge in [-0.3, -0.25) is 0 Å². The molecular formula is C16H16N2O4Pt. The van der Waals surface area contributed by atoms with E-state index in [9.17, 15) is 0 Å². The Balaban J connectivity index is 0.000000599. The van der Waals surface area contributed by atoms with E-state index in [0.29, 0.717) is 0 Å². The third-order valence-electron chi connectivity index (χ3n) is 2.83. The summed E-state index contributed by atoms with van der Waals surface area (Å²) in [6.45, 7) is 0. The Kier molecular flexibility index (Phi) is 9.74. The number of rotatable bonds is 3. The molecule has 0 radical (unpaired) electrons. The fraction of sp³-hybridized carbons (Fsp3) is 0.125. The summed E-state index contributed by atoms with van der Waals surface area (Å²) in [4.78, 5) is 18.2. The van der Waals surface area contributed by atoms with Crippen LogP contribution in [0.4, 0.5) is 0 Å². The van der Waals surface area contributed by atoms with Gasteiger partial charge in [0, 0.05) is 0 Å². The maximum absolute atomic E-state index is 9.10. The smallest absolute Gasteiger partial charge is 0.672 e. The van der Waals surface area contributed by atoms with E-state index in [0.717, 1.165) is 11.1 Å². The third kappa shape index (κ3) is 7.19. The van der Waals surface area contributed by atoms with Crippen LogP contribution in [0.25, 0.3) is 11.5 Å². The van der Waals surface area contributed by atoms with E-state index < -0.39 is 24.0 Å². The van der Waals surface area contributed by atoms with Crippen molar-refractivity contribution in [3.63, 3.8) is 0 Å². The maximum Gasteiger partial charge on any atom is 2.00 e. The van der Waals surface area contributed by atoms with Crippen molar-refractivity contribution in [3.05, 3.63) is 83.3 Å². The number of carboxylic acids is 2. The minimum absolute atomic E-state index is 0. The zero-order chi connectivity index (χ0) is 16.5. The predicted octanol–water partition coefficient (Wildman–Crippen LogP) is 3.73. The van der Waals surface area contributed by atoms with Crippen LogP contribution in [0.1, 0.15) is 23.2 Å². The molecule has 2 aromatic carbocycles. The van der Waals surface area contributed by atoms with E-state index in [1.54, 1.807) is 0 Å². The molecule has 0 saturated heterocycles. The van der Waals surface area contributed by atoms with E-state index in [4.69, 9.17) is 31.3 Å². The normalized spacial score (nSPS) is 11.9. The van der Waals surface area contributed by atoms with Crippen LogP contribution in [0.3, 0.4) is 0 Å². The summed E-state index contributed by atoms with van der Waals surface area (Å²) >= 11 is 0. The number of carboxylic acid groups (broad SMARTS) is 2. The van der Waals surface area contributed by atoms with Gasteiger partial charge in [0.2, 0.25) is 0 Å². The largest absolute Gasteiger partial charge is 2.00 e. The molecule has 0 saturated carbocycles. The average Bonchev–Trinajstić information content (AvgIpc) is 2.55. The van der Waals surface area contributed by atoms with Gasteiger partial charge in [0.15, 0.2) is 0 Å². The van der Waals surface area contributed by atoms with Gasteiger partial charge in [-0.25, -0.2) is 9.59 Å². The molecule has 124 valence electrons. The second kappa shape index (κ2) is 10.7. The summed E-state index contributed by atoms with van der Waals surface area (Å²) in [5.41, 5.74) is 17.9. The molecule has 0 bridgehead atoms. The monoisotopic (exact) mass is 495 g/mol. The van der Waals surface area contributed by atoms with E-state index >= 15 is 0 Å². The van der Waals surface area contributed by atoms with E-state index in [1.165, 1.54) is 0 Å². The van der Waals surface area contributed by atoms with Gasteiger partial charge >= 0.3 is 33.0 Å². The number of aliphatic carboxylic acids is 2. The Hall–Kier alpha value is -2.01. The summed E-state index contributed by atoms with van der Waals surface area (Å²) in [6, 6.07) is 18.1. The van der Waals surface area contributed by atoms with Gasteiger partial charge in [0.25, 0.3) is 0 Å². The van der Waals surface area contributed by atoms with Crippen LogP contribution < -0.4 is 0 Å². The summed E-state index contributed by atoms with van der Waals surface area (Å²) in [5.74, 6) is -3.65. The summed E-state index contributed by atoms with van der Waals surface area (Å²) in [5, 5.41) is 14.8. The molecule has 23 heavy (non-hydrogen) atoms. The van der Waals surface area contributed by atoms with Crippen molar-refractivity contribution in [2.75, 3.05) is 0 Å². The third-order valence-corrected chi connectivity index (χ3v) is 2.83. The molecule has 0 aromatic heterocycles. The Bertz CT molecular complexity index is 552. The Morgan fingerprint density at radius 3 is 1.17 bits per heavy atom. The van der Waals surface area contributed by atoms with Crippen LogP contribution in [0.2, 0.25) is 0 Å². The van der Waals surface area contributed by atoms with Gasteiger partial charge in [-0.05, 0) is 0 Å². The number of nitrogens with one attached hydrogen (secondary N) is 2. The van der Waals surface area contributed by atoms with E-state index in [1.807, 2.05) is 60.7 Å².